The van der Waals surface area contributed by atoms with Crippen LogP contribution in [0.5, 0.6) is 0 Å². The smallest absolute Gasteiger partial charge is 0.304 e. The summed E-state index contributed by atoms with van der Waals surface area (Å²) in [5.41, 5.74) is 0.756. The van der Waals surface area contributed by atoms with E-state index in [1.165, 1.54) is 28.7 Å². The highest BCUT2D eigenvalue weighted by molar-refractivity contribution is 7.87. The minimum Gasteiger partial charge on any atom is -0.304 e. The maximum atomic E-state index is 12.1. The lowest BCUT2D eigenvalue weighted by Gasteiger charge is -2.17. The maximum Gasteiger partial charge on any atom is 0.308 e. The van der Waals surface area contributed by atoms with E-state index in [0.717, 1.165) is 51.0 Å². The Morgan fingerprint density at radius 2 is 1.81 bits per heavy atom. The first-order chi connectivity index (χ1) is 9.93. The standard InChI is InChI=1S/C14H28N4O2S/c1-5-17(6-2)11-9-7-8-10-14-12-15-13-18(14)21(19,20)16(3)4/h12-13H,5-11H2,1-4H3. The van der Waals surface area contributed by atoms with Crippen LogP contribution in [0.1, 0.15) is 38.8 Å². The molecule has 0 saturated heterocycles. The molecule has 0 fully saturated rings. The Kier molecular flexibility index (Phi) is 7.34. The number of aryl methyl sites for hydroxylation is 1. The number of aromatic nitrogens is 2. The molecule has 0 aliphatic heterocycles. The second-order valence-corrected chi connectivity index (χ2v) is 7.33. The van der Waals surface area contributed by atoms with Gasteiger partial charge in [0.1, 0.15) is 6.33 Å². The summed E-state index contributed by atoms with van der Waals surface area (Å²) in [6.07, 6.45) is 6.99. The van der Waals surface area contributed by atoms with Crippen LogP contribution < -0.4 is 0 Å². The van der Waals surface area contributed by atoms with E-state index in [1.807, 2.05) is 0 Å². The number of hydrogen-bond donors (Lipinski definition) is 0. The van der Waals surface area contributed by atoms with Gasteiger partial charge in [0.2, 0.25) is 0 Å². The van der Waals surface area contributed by atoms with Gasteiger partial charge in [-0.3, -0.25) is 0 Å². The number of nitrogens with zero attached hydrogens (tertiary/aromatic N) is 4. The molecule has 1 aromatic heterocycles. The second-order valence-electron chi connectivity index (χ2n) is 5.31. The van der Waals surface area contributed by atoms with Crippen molar-refractivity contribution < 1.29 is 8.42 Å². The summed E-state index contributed by atoms with van der Waals surface area (Å²) in [6, 6.07) is 0. The van der Waals surface area contributed by atoms with Gasteiger partial charge in [-0.2, -0.15) is 12.7 Å². The zero-order valence-electron chi connectivity index (χ0n) is 13.6. The van der Waals surface area contributed by atoms with E-state index < -0.39 is 10.2 Å². The summed E-state index contributed by atoms with van der Waals surface area (Å²) in [4.78, 5) is 6.38. The van der Waals surface area contributed by atoms with E-state index in [4.69, 9.17) is 0 Å². The van der Waals surface area contributed by atoms with Gasteiger partial charge in [-0.1, -0.05) is 20.3 Å². The van der Waals surface area contributed by atoms with E-state index >= 15 is 0 Å². The Labute approximate surface area is 129 Å². The third-order valence-electron chi connectivity index (χ3n) is 3.69. The van der Waals surface area contributed by atoms with Gasteiger partial charge < -0.3 is 4.90 Å². The van der Waals surface area contributed by atoms with Gasteiger partial charge in [-0.15, -0.1) is 0 Å². The fourth-order valence-corrected chi connectivity index (χ4v) is 3.19. The Balaban J connectivity index is 2.46. The van der Waals surface area contributed by atoms with Gasteiger partial charge in [0.05, 0.1) is 5.69 Å². The molecule has 0 unspecified atom stereocenters. The van der Waals surface area contributed by atoms with Gasteiger partial charge in [0, 0.05) is 20.3 Å². The topological polar surface area (TPSA) is 58.4 Å². The number of rotatable bonds is 10. The largest absolute Gasteiger partial charge is 0.308 e. The van der Waals surface area contributed by atoms with Crippen molar-refractivity contribution in [2.75, 3.05) is 33.7 Å². The molecule has 0 aliphatic rings. The van der Waals surface area contributed by atoms with Crippen LogP contribution in [0.25, 0.3) is 0 Å². The van der Waals surface area contributed by atoms with E-state index in [2.05, 4.69) is 23.7 Å². The van der Waals surface area contributed by atoms with E-state index in [1.54, 1.807) is 6.20 Å². The summed E-state index contributed by atoms with van der Waals surface area (Å²) < 4.78 is 26.7. The normalized spacial score (nSPS) is 12.5. The molecule has 0 atom stereocenters. The van der Waals surface area contributed by atoms with Gasteiger partial charge in [-0.05, 0) is 38.9 Å². The zero-order valence-corrected chi connectivity index (χ0v) is 14.4. The van der Waals surface area contributed by atoms with Crippen molar-refractivity contribution in [2.45, 2.75) is 39.5 Å². The van der Waals surface area contributed by atoms with Crippen LogP contribution in [-0.2, 0) is 16.6 Å². The van der Waals surface area contributed by atoms with Crippen LogP contribution in [0.4, 0.5) is 0 Å². The first-order valence-electron chi connectivity index (χ1n) is 7.60. The molecule has 6 nitrogen and oxygen atoms in total. The van der Waals surface area contributed by atoms with Gasteiger partial charge in [0.25, 0.3) is 0 Å². The molecule has 1 heterocycles. The Hall–Kier alpha value is -0.920. The lowest BCUT2D eigenvalue weighted by Crippen LogP contribution is -2.29. The van der Waals surface area contributed by atoms with Crippen LogP contribution in [0, 0.1) is 0 Å². The Bertz CT molecular complexity index is 507. The van der Waals surface area contributed by atoms with Crippen LogP contribution in [-0.4, -0.2) is 60.3 Å². The quantitative estimate of drug-likeness (QED) is 0.615. The van der Waals surface area contributed by atoms with E-state index in [0.29, 0.717) is 0 Å². The first-order valence-corrected chi connectivity index (χ1v) is 8.99. The van der Waals surface area contributed by atoms with E-state index in [9.17, 15) is 8.42 Å². The molecule has 0 saturated carbocycles. The highest BCUT2D eigenvalue weighted by Gasteiger charge is 2.19. The predicted octanol–water partition coefficient (Wildman–Crippen LogP) is 1.59. The van der Waals surface area contributed by atoms with Crippen molar-refractivity contribution in [2.24, 2.45) is 0 Å². The molecule has 122 valence electrons. The monoisotopic (exact) mass is 316 g/mol. The molecule has 0 N–H and O–H groups in total. The van der Waals surface area contributed by atoms with Crippen molar-refractivity contribution in [1.29, 1.82) is 0 Å². The number of imidazole rings is 1. The molecule has 1 rings (SSSR count). The molecule has 0 amide bonds. The summed E-state index contributed by atoms with van der Waals surface area (Å²) in [5, 5.41) is 0. The van der Waals surface area contributed by atoms with Crippen LogP contribution in [0.15, 0.2) is 12.5 Å². The molecular weight excluding hydrogens is 288 g/mol. The number of unbranched alkanes of at least 4 members (excludes halogenated alkanes) is 2. The highest BCUT2D eigenvalue weighted by atomic mass is 32.2. The SMILES string of the molecule is CCN(CC)CCCCCc1cncn1S(=O)(=O)N(C)C. The second kappa shape index (κ2) is 8.51. The summed E-state index contributed by atoms with van der Waals surface area (Å²) in [5.74, 6) is 0. The average molecular weight is 316 g/mol. The van der Waals surface area contributed by atoms with Crippen molar-refractivity contribution in [3.63, 3.8) is 0 Å². The molecule has 0 spiro atoms. The minimum atomic E-state index is -3.45. The zero-order chi connectivity index (χ0) is 15.9. The molecule has 1 aromatic rings. The molecule has 0 bridgehead atoms. The van der Waals surface area contributed by atoms with Crippen molar-refractivity contribution >= 4 is 10.2 Å². The Morgan fingerprint density at radius 3 is 2.38 bits per heavy atom. The van der Waals surface area contributed by atoms with Crippen molar-refractivity contribution in [3.05, 3.63) is 18.2 Å². The summed E-state index contributed by atoms with van der Waals surface area (Å²) in [7, 11) is -0.387. The molecular formula is C14H28N4O2S. The van der Waals surface area contributed by atoms with Gasteiger partial charge in [-0.25, -0.2) is 8.96 Å². The fourth-order valence-electron chi connectivity index (χ4n) is 2.23. The lowest BCUT2D eigenvalue weighted by atomic mass is 10.1. The molecule has 7 heteroatoms. The molecule has 21 heavy (non-hydrogen) atoms. The third-order valence-corrected chi connectivity index (χ3v) is 5.44. The Morgan fingerprint density at radius 1 is 1.14 bits per heavy atom. The summed E-state index contributed by atoms with van der Waals surface area (Å²) in [6.45, 7) is 7.64. The van der Waals surface area contributed by atoms with E-state index in [-0.39, 0.29) is 0 Å². The third kappa shape index (κ3) is 5.09. The van der Waals surface area contributed by atoms with Gasteiger partial charge in [0.15, 0.2) is 0 Å². The molecule has 0 aromatic carbocycles. The van der Waals surface area contributed by atoms with Crippen LogP contribution in [0.2, 0.25) is 0 Å². The van der Waals surface area contributed by atoms with Crippen LogP contribution >= 0.6 is 0 Å². The predicted molar refractivity (Wildman–Crippen MR) is 85.6 cm³/mol. The minimum absolute atomic E-state index is 0.741. The summed E-state index contributed by atoms with van der Waals surface area (Å²) >= 11 is 0. The molecule has 0 aliphatic carbocycles. The maximum absolute atomic E-state index is 12.1. The fraction of sp³-hybridized carbons (Fsp3) is 0.786. The lowest BCUT2D eigenvalue weighted by molar-refractivity contribution is 0.296. The highest BCUT2D eigenvalue weighted by Crippen LogP contribution is 2.11. The van der Waals surface area contributed by atoms with Crippen LogP contribution in [0.3, 0.4) is 0 Å². The van der Waals surface area contributed by atoms with Crippen molar-refractivity contribution in [1.82, 2.24) is 18.2 Å². The van der Waals surface area contributed by atoms with Gasteiger partial charge >= 0.3 is 10.2 Å². The number of hydrogen-bond acceptors (Lipinski definition) is 4. The average Bonchev–Trinajstić information content (AvgIpc) is 2.91. The van der Waals surface area contributed by atoms with Crippen molar-refractivity contribution in [3.8, 4) is 0 Å². The molecule has 0 radical (unpaired) electrons. The first kappa shape index (κ1) is 18.1.